The Morgan fingerprint density at radius 3 is 2.62 bits per heavy atom. The monoisotopic (exact) mass is 337 g/mol. The maximum absolute atomic E-state index is 13.0. The number of nitrogens with one attached hydrogen (secondary N) is 1. The predicted molar refractivity (Wildman–Crippen MR) is 92.1 cm³/mol. The number of amides is 2. The van der Waals surface area contributed by atoms with E-state index in [0.717, 1.165) is 25.1 Å². The Morgan fingerprint density at radius 2 is 2.00 bits per heavy atom. The first kappa shape index (κ1) is 18.7. The van der Waals surface area contributed by atoms with Crippen molar-refractivity contribution >= 4 is 6.03 Å². The van der Waals surface area contributed by atoms with Gasteiger partial charge in [-0.2, -0.15) is 0 Å². The van der Waals surface area contributed by atoms with Gasteiger partial charge in [0.15, 0.2) is 0 Å². The Balaban J connectivity index is 1.77. The molecule has 0 unspecified atom stereocenters. The lowest BCUT2D eigenvalue weighted by molar-refractivity contribution is 0.171. The highest BCUT2D eigenvalue weighted by atomic mass is 19.1. The molecule has 1 saturated heterocycles. The standard InChI is InChI=1S/C18H28FN3O2/c1-21-10-7-15(8-11-21)6-9-20-18(24)22(12-13-23)14-16-2-4-17(19)5-3-16/h2-5,15,23H,6-14H2,1H3,(H,20,24). The predicted octanol–water partition coefficient (Wildman–Crippen LogP) is 2.06. The second-order valence-corrected chi connectivity index (χ2v) is 6.54. The summed E-state index contributed by atoms with van der Waals surface area (Å²) in [6.07, 6.45) is 3.35. The first-order chi connectivity index (χ1) is 11.6. The van der Waals surface area contributed by atoms with Crippen molar-refractivity contribution in [2.75, 3.05) is 39.8 Å². The lowest BCUT2D eigenvalue weighted by Crippen LogP contribution is -2.42. The van der Waals surface area contributed by atoms with Crippen LogP contribution in [0.3, 0.4) is 0 Å². The van der Waals surface area contributed by atoms with Crippen molar-refractivity contribution in [1.29, 1.82) is 0 Å². The molecule has 0 atom stereocenters. The smallest absolute Gasteiger partial charge is 0.317 e. The van der Waals surface area contributed by atoms with Gasteiger partial charge >= 0.3 is 6.03 Å². The van der Waals surface area contributed by atoms with E-state index < -0.39 is 0 Å². The van der Waals surface area contributed by atoms with Crippen LogP contribution in [0.2, 0.25) is 0 Å². The average molecular weight is 337 g/mol. The molecule has 0 spiro atoms. The lowest BCUT2D eigenvalue weighted by Gasteiger charge is -2.29. The topological polar surface area (TPSA) is 55.8 Å². The van der Waals surface area contributed by atoms with Gasteiger partial charge in [0.05, 0.1) is 6.61 Å². The van der Waals surface area contributed by atoms with Gasteiger partial charge < -0.3 is 20.2 Å². The fourth-order valence-corrected chi connectivity index (χ4v) is 3.03. The highest BCUT2D eigenvalue weighted by Crippen LogP contribution is 2.18. The summed E-state index contributed by atoms with van der Waals surface area (Å²) in [5.41, 5.74) is 0.843. The quantitative estimate of drug-likeness (QED) is 0.801. The van der Waals surface area contributed by atoms with Gasteiger partial charge in [-0.05, 0) is 63.0 Å². The van der Waals surface area contributed by atoms with Crippen molar-refractivity contribution in [3.63, 3.8) is 0 Å². The molecule has 1 heterocycles. The zero-order valence-electron chi connectivity index (χ0n) is 14.4. The maximum atomic E-state index is 13.0. The van der Waals surface area contributed by atoms with E-state index in [-0.39, 0.29) is 25.0 Å². The summed E-state index contributed by atoms with van der Waals surface area (Å²) < 4.78 is 13.0. The summed E-state index contributed by atoms with van der Waals surface area (Å²) in [5.74, 6) is 0.375. The molecule has 1 aromatic carbocycles. The third kappa shape index (κ3) is 6.09. The van der Waals surface area contributed by atoms with Crippen LogP contribution in [-0.2, 0) is 6.54 Å². The second-order valence-electron chi connectivity index (χ2n) is 6.54. The molecule has 0 bridgehead atoms. The Kier molecular flexibility index (Phi) is 7.46. The van der Waals surface area contributed by atoms with Gasteiger partial charge in [-0.3, -0.25) is 0 Å². The number of carbonyl (C=O) groups is 1. The van der Waals surface area contributed by atoms with E-state index in [9.17, 15) is 14.3 Å². The molecule has 2 N–H and O–H groups in total. The molecule has 1 fully saturated rings. The van der Waals surface area contributed by atoms with Crippen molar-refractivity contribution in [2.24, 2.45) is 5.92 Å². The number of hydrogen-bond donors (Lipinski definition) is 2. The Morgan fingerprint density at radius 1 is 1.33 bits per heavy atom. The first-order valence-electron chi connectivity index (χ1n) is 8.65. The van der Waals surface area contributed by atoms with E-state index in [0.29, 0.717) is 19.0 Å². The molecule has 2 amide bonds. The van der Waals surface area contributed by atoms with Crippen LogP contribution in [0.4, 0.5) is 9.18 Å². The number of aliphatic hydroxyl groups is 1. The van der Waals surface area contributed by atoms with E-state index >= 15 is 0 Å². The van der Waals surface area contributed by atoms with Gasteiger partial charge in [-0.25, -0.2) is 9.18 Å². The van der Waals surface area contributed by atoms with E-state index in [1.54, 1.807) is 17.0 Å². The van der Waals surface area contributed by atoms with Gasteiger partial charge in [-0.15, -0.1) is 0 Å². The summed E-state index contributed by atoms with van der Waals surface area (Å²) in [4.78, 5) is 16.2. The molecular formula is C18H28FN3O2. The van der Waals surface area contributed by atoms with Gasteiger partial charge in [0.1, 0.15) is 5.82 Å². The summed E-state index contributed by atoms with van der Waals surface area (Å²) in [6, 6.07) is 5.90. The van der Waals surface area contributed by atoms with Crippen LogP contribution in [0.25, 0.3) is 0 Å². The molecule has 1 aliphatic rings. The summed E-state index contributed by atoms with van der Waals surface area (Å²) in [5, 5.41) is 12.1. The molecule has 6 heteroatoms. The molecule has 0 aliphatic carbocycles. The van der Waals surface area contributed by atoms with E-state index in [2.05, 4.69) is 17.3 Å². The van der Waals surface area contributed by atoms with Crippen LogP contribution < -0.4 is 5.32 Å². The molecule has 0 saturated carbocycles. The van der Waals surface area contributed by atoms with Gasteiger partial charge in [0.25, 0.3) is 0 Å². The van der Waals surface area contributed by atoms with Crippen LogP contribution >= 0.6 is 0 Å². The third-order valence-corrected chi connectivity index (χ3v) is 4.61. The largest absolute Gasteiger partial charge is 0.395 e. The molecule has 134 valence electrons. The number of piperidine rings is 1. The lowest BCUT2D eigenvalue weighted by atomic mass is 9.94. The zero-order valence-corrected chi connectivity index (χ0v) is 14.4. The van der Waals surface area contributed by atoms with E-state index in [4.69, 9.17) is 0 Å². The van der Waals surface area contributed by atoms with Crippen LogP contribution in [0.15, 0.2) is 24.3 Å². The molecule has 5 nitrogen and oxygen atoms in total. The Bertz CT molecular complexity index is 501. The minimum atomic E-state index is -0.296. The third-order valence-electron chi connectivity index (χ3n) is 4.61. The fourth-order valence-electron chi connectivity index (χ4n) is 3.03. The maximum Gasteiger partial charge on any atom is 0.317 e. The van der Waals surface area contributed by atoms with Crippen molar-refractivity contribution < 1.29 is 14.3 Å². The van der Waals surface area contributed by atoms with Gasteiger partial charge in [0, 0.05) is 19.6 Å². The number of halogens is 1. The molecular weight excluding hydrogens is 309 g/mol. The average Bonchev–Trinajstić information content (AvgIpc) is 2.58. The highest BCUT2D eigenvalue weighted by molar-refractivity contribution is 5.74. The number of carbonyl (C=O) groups excluding carboxylic acids is 1. The van der Waals surface area contributed by atoms with E-state index in [1.807, 2.05) is 0 Å². The number of rotatable bonds is 7. The second kappa shape index (κ2) is 9.59. The van der Waals surface area contributed by atoms with Gasteiger partial charge in [0.2, 0.25) is 0 Å². The minimum absolute atomic E-state index is 0.0937. The normalized spacial score (nSPS) is 16.1. The Labute approximate surface area is 143 Å². The first-order valence-corrected chi connectivity index (χ1v) is 8.65. The highest BCUT2D eigenvalue weighted by Gasteiger charge is 2.18. The molecule has 2 rings (SSSR count). The van der Waals surface area contributed by atoms with Crippen molar-refractivity contribution in [3.8, 4) is 0 Å². The number of benzene rings is 1. The summed E-state index contributed by atoms with van der Waals surface area (Å²) in [7, 11) is 2.14. The number of aliphatic hydroxyl groups excluding tert-OH is 1. The van der Waals surface area contributed by atoms with Crippen molar-refractivity contribution in [3.05, 3.63) is 35.6 Å². The van der Waals surface area contributed by atoms with Crippen molar-refractivity contribution in [2.45, 2.75) is 25.8 Å². The van der Waals surface area contributed by atoms with E-state index in [1.165, 1.54) is 25.0 Å². The summed E-state index contributed by atoms with van der Waals surface area (Å²) in [6.45, 7) is 3.43. The fraction of sp³-hybridized carbons (Fsp3) is 0.611. The molecule has 0 radical (unpaired) electrons. The Hall–Kier alpha value is -1.66. The molecule has 0 aromatic heterocycles. The number of likely N-dealkylation sites (tertiary alicyclic amines) is 1. The minimum Gasteiger partial charge on any atom is -0.395 e. The summed E-state index contributed by atoms with van der Waals surface area (Å²) >= 11 is 0. The number of urea groups is 1. The van der Waals surface area contributed by atoms with Gasteiger partial charge in [-0.1, -0.05) is 12.1 Å². The van der Waals surface area contributed by atoms with Crippen LogP contribution in [0, 0.1) is 11.7 Å². The molecule has 1 aliphatic heterocycles. The molecule has 24 heavy (non-hydrogen) atoms. The number of hydrogen-bond acceptors (Lipinski definition) is 3. The van der Waals surface area contributed by atoms with Crippen LogP contribution in [-0.4, -0.2) is 60.8 Å². The van der Waals surface area contributed by atoms with Crippen LogP contribution in [0.1, 0.15) is 24.8 Å². The van der Waals surface area contributed by atoms with Crippen molar-refractivity contribution in [1.82, 2.24) is 15.1 Å². The van der Waals surface area contributed by atoms with Crippen LogP contribution in [0.5, 0.6) is 0 Å². The zero-order chi connectivity index (χ0) is 17.4. The SMILES string of the molecule is CN1CCC(CCNC(=O)N(CCO)Cc2ccc(F)cc2)CC1. The number of nitrogens with zero attached hydrogens (tertiary/aromatic N) is 2. The molecule has 1 aromatic rings.